The van der Waals surface area contributed by atoms with E-state index in [0.717, 1.165) is 24.1 Å². The van der Waals surface area contributed by atoms with Gasteiger partial charge in [0.15, 0.2) is 0 Å². The van der Waals surface area contributed by atoms with E-state index >= 15 is 0 Å². The van der Waals surface area contributed by atoms with Crippen LogP contribution in [0.15, 0.2) is 59.4 Å². The predicted molar refractivity (Wildman–Crippen MR) is 103 cm³/mol. The molecule has 4 rings (SSSR count). The molecular weight excluding hydrogens is 359 g/mol. The van der Waals surface area contributed by atoms with Gasteiger partial charge in [0, 0.05) is 19.0 Å². The maximum absolute atomic E-state index is 13.0. The van der Waals surface area contributed by atoms with Gasteiger partial charge in [0.05, 0.1) is 12.1 Å². The van der Waals surface area contributed by atoms with Gasteiger partial charge >= 0.3 is 5.69 Å². The van der Waals surface area contributed by atoms with Crippen molar-refractivity contribution in [1.82, 2.24) is 19.7 Å². The number of hydrogen-bond donors (Lipinski definition) is 1. The van der Waals surface area contributed by atoms with Gasteiger partial charge in [0.1, 0.15) is 11.6 Å². The minimum absolute atomic E-state index is 0.0348. The van der Waals surface area contributed by atoms with E-state index in [1.54, 1.807) is 16.7 Å². The van der Waals surface area contributed by atoms with Crippen molar-refractivity contribution < 1.29 is 9.18 Å². The van der Waals surface area contributed by atoms with Gasteiger partial charge in [-0.2, -0.15) is 5.10 Å². The van der Waals surface area contributed by atoms with Crippen molar-refractivity contribution in [2.75, 3.05) is 13.1 Å². The summed E-state index contributed by atoms with van der Waals surface area (Å²) in [5, 5.41) is 6.80. The number of para-hydroxylation sites is 1. The van der Waals surface area contributed by atoms with Crippen molar-refractivity contribution in [3.8, 4) is 5.69 Å². The third-order valence-electron chi connectivity index (χ3n) is 5.19. The largest absolute Gasteiger partial charge is 0.347 e. The van der Waals surface area contributed by atoms with Crippen LogP contribution >= 0.6 is 0 Å². The lowest BCUT2D eigenvalue weighted by Crippen LogP contribution is -2.39. The number of amides is 1. The van der Waals surface area contributed by atoms with Crippen LogP contribution in [0.2, 0.25) is 0 Å². The van der Waals surface area contributed by atoms with Gasteiger partial charge in [0.2, 0.25) is 5.91 Å². The van der Waals surface area contributed by atoms with Crippen LogP contribution in [0.25, 0.3) is 5.69 Å². The Labute approximate surface area is 161 Å². The van der Waals surface area contributed by atoms with Crippen LogP contribution in [0.1, 0.15) is 30.1 Å². The molecule has 3 aromatic rings. The molecule has 1 saturated heterocycles. The van der Waals surface area contributed by atoms with E-state index in [1.807, 2.05) is 35.2 Å². The van der Waals surface area contributed by atoms with Gasteiger partial charge in [-0.15, -0.1) is 0 Å². The maximum atomic E-state index is 13.0. The first-order valence-corrected chi connectivity index (χ1v) is 9.37. The second kappa shape index (κ2) is 7.80. The monoisotopic (exact) mass is 380 g/mol. The van der Waals surface area contributed by atoms with Crippen molar-refractivity contribution >= 4 is 5.91 Å². The molecule has 0 bridgehead atoms. The van der Waals surface area contributed by atoms with Gasteiger partial charge in [-0.1, -0.05) is 30.3 Å². The Bertz CT molecular complexity index is 1000. The van der Waals surface area contributed by atoms with Crippen LogP contribution < -0.4 is 5.69 Å². The van der Waals surface area contributed by atoms with Gasteiger partial charge in [-0.05, 0) is 42.7 Å². The molecule has 144 valence electrons. The summed E-state index contributed by atoms with van der Waals surface area (Å²) in [7, 11) is 0. The fourth-order valence-electron chi connectivity index (χ4n) is 3.69. The molecule has 0 unspecified atom stereocenters. The average Bonchev–Trinajstić information content (AvgIpc) is 3.12. The lowest BCUT2D eigenvalue weighted by molar-refractivity contribution is -0.131. The Balaban J connectivity index is 1.43. The van der Waals surface area contributed by atoms with Gasteiger partial charge in [0.25, 0.3) is 0 Å². The van der Waals surface area contributed by atoms with E-state index < -0.39 is 0 Å². The summed E-state index contributed by atoms with van der Waals surface area (Å²) in [5.41, 5.74) is 1.33. The molecule has 28 heavy (non-hydrogen) atoms. The summed E-state index contributed by atoms with van der Waals surface area (Å²) in [6, 6.07) is 15.4. The molecule has 0 aliphatic carbocycles. The molecule has 0 atom stereocenters. The second-order valence-corrected chi connectivity index (χ2v) is 7.02. The normalized spacial score (nSPS) is 15.0. The highest BCUT2D eigenvalue weighted by Crippen LogP contribution is 2.27. The van der Waals surface area contributed by atoms with Crippen LogP contribution in [0.3, 0.4) is 0 Å². The number of H-pyrrole nitrogens is 1. The minimum atomic E-state index is -0.305. The summed E-state index contributed by atoms with van der Waals surface area (Å²) in [5.74, 6) is 0.545. The molecular formula is C21H21FN4O2. The molecule has 1 amide bonds. The number of halogens is 1. The summed E-state index contributed by atoms with van der Waals surface area (Å²) >= 11 is 0. The number of likely N-dealkylation sites (tertiary alicyclic amines) is 1. The predicted octanol–water partition coefficient (Wildman–Crippen LogP) is 2.65. The fraction of sp³-hybridized carbons (Fsp3) is 0.286. The van der Waals surface area contributed by atoms with E-state index in [9.17, 15) is 14.0 Å². The smallest absolute Gasteiger partial charge is 0.342 e. The Morgan fingerprint density at radius 1 is 1.07 bits per heavy atom. The van der Waals surface area contributed by atoms with E-state index in [2.05, 4.69) is 10.2 Å². The zero-order valence-corrected chi connectivity index (χ0v) is 15.3. The highest BCUT2D eigenvalue weighted by Gasteiger charge is 2.28. The number of rotatable bonds is 4. The topological polar surface area (TPSA) is 71.0 Å². The van der Waals surface area contributed by atoms with Gasteiger partial charge in [-0.25, -0.2) is 18.9 Å². The first-order valence-electron chi connectivity index (χ1n) is 9.37. The quantitative estimate of drug-likeness (QED) is 0.756. The summed E-state index contributed by atoms with van der Waals surface area (Å²) in [6.45, 7) is 1.22. The molecule has 0 spiro atoms. The molecule has 1 aliphatic rings. The van der Waals surface area contributed by atoms with Crippen molar-refractivity contribution in [1.29, 1.82) is 0 Å². The number of carbonyl (C=O) groups is 1. The highest BCUT2D eigenvalue weighted by atomic mass is 19.1. The van der Waals surface area contributed by atoms with Crippen molar-refractivity contribution in [3.05, 3.63) is 82.3 Å². The minimum Gasteiger partial charge on any atom is -0.342 e. The number of piperidine rings is 1. The Hall–Kier alpha value is -3.22. The SMILES string of the molecule is O=C(Cc1ccc(F)cc1)N1CCC(c2n[nH]c(=O)n2-c2ccccc2)CC1. The molecule has 0 saturated carbocycles. The number of hydrogen-bond acceptors (Lipinski definition) is 3. The van der Waals surface area contributed by atoms with Gasteiger partial charge < -0.3 is 4.90 Å². The molecule has 2 aromatic carbocycles. The molecule has 1 fully saturated rings. The first-order chi connectivity index (χ1) is 13.6. The van der Waals surface area contributed by atoms with Crippen LogP contribution in [0, 0.1) is 5.82 Å². The zero-order chi connectivity index (χ0) is 19.5. The number of nitrogens with zero attached hydrogens (tertiary/aromatic N) is 3. The number of benzene rings is 2. The van der Waals surface area contributed by atoms with E-state index in [1.165, 1.54) is 12.1 Å². The number of aromatic amines is 1. The fourth-order valence-corrected chi connectivity index (χ4v) is 3.69. The molecule has 1 aromatic heterocycles. The lowest BCUT2D eigenvalue weighted by Gasteiger charge is -2.31. The van der Waals surface area contributed by atoms with Crippen LogP contribution in [0.5, 0.6) is 0 Å². The molecule has 6 nitrogen and oxygen atoms in total. The third kappa shape index (κ3) is 3.74. The first kappa shape index (κ1) is 18.2. The van der Waals surface area contributed by atoms with Crippen LogP contribution in [0.4, 0.5) is 4.39 Å². The van der Waals surface area contributed by atoms with E-state index in [-0.39, 0.29) is 29.8 Å². The average molecular weight is 380 g/mol. The molecule has 7 heteroatoms. The lowest BCUT2D eigenvalue weighted by atomic mass is 9.95. The van der Waals surface area contributed by atoms with Crippen molar-refractivity contribution in [2.24, 2.45) is 0 Å². The second-order valence-electron chi connectivity index (χ2n) is 7.02. The summed E-state index contributed by atoms with van der Waals surface area (Å²) in [6.07, 6.45) is 1.75. The van der Waals surface area contributed by atoms with E-state index in [0.29, 0.717) is 18.9 Å². The molecule has 0 radical (unpaired) electrons. The highest BCUT2D eigenvalue weighted by molar-refractivity contribution is 5.78. The van der Waals surface area contributed by atoms with Crippen molar-refractivity contribution in [2.45, 2.75) is 25.2 Å². The number of carbonyl (C=O) groups excluding carboxylic acids is 1. The number of nitrogens with one attached hydrogen (secondary N) is 1. The number of aromatic nitrogens is 3. The maximum Gasteiger partial charge on any atom is 0.347 e. The van der Waals surface area contributed by atoms with E-state index in [4.69, 9.17) is 0 Å². The van der Waals surface area contributed by atoms with Gasteiger partial charge in [-0.3, -0.25) is 4.79 Å². The molecule has 1 aliphatic heterocycles. The van der Waals surface area contributed by atoms with Crippen LogP contribution in [-0.2, 0) is 11.2 Å². The molecule has 2 heterocycles. The summed E-state index contributed by atoms with van der Waals surface area (Å²) in [4.78, 5) is 26.6. The van der Waals surface area contributed by atoms with Crippen molar-refractivity contribution in [3.63, 3.8) is 0 Å². The third-order valence-corrected chi connectivity index (χ3v) is 5.19. The molecule has 1 N–H and O–H groups in total. The Kier molecular flexibility index (Phi) is 5.06. The summed E-state index contributed by atoms with van der Waals surface area (Å²) < 4.78 is 14.6. The van der Waals surface area contributed by atoms with Crippen LogP contribution in [-0.4, -0.2) is 38.7 Å². The standard InChI is InChI=1S/C21H21FN4O2/c22-17-8-6-15(7-9-17)14-19(27)25-12-10-16(11-13-25)20-23-24-21(28)26(20)18-4-2-1-3-5-18/h1-9,16H,10-14H2,(H,24,28). The Morgan fingerprint density at radius 3 is 2.43 bits per heavy atom. The zero-order valence-electron chi connectivity index (χ0n) is 15.3. The Morgan fingerprint density at radius 2 is 1.75 bits per heavy atom.